The minimum absolute atomic E-state index is 0.0116. The predicted molar refractivity (Wildman–Crippen MR) is 116 cm³/mol. The summed E-state index contributed by atoms with van der Waals surface area (Å²) in [4.78, 5) is 29.3. The molecule has 0 unspecified atom stereocenters. The maximum atomic E-state index is 13.1. The van der Waals surface area contributed by atoms with E-state index < -0.39 is 0 Å². The van der Waals surface area contributed by atoms with Crippen molar-refractivity contribution in [3.63, 3.8) is 0 Å². The Bertz CT molecular complexity index is 908. The van der Waals surface area contributed by atoms with Crippen molar-refractivity contribution in [1.29, 1.82) is 0 Å². The lowest BCUT2D eigenvalue weighted by molar-refractivity contribution is 0.0661. The number of para-hydroxylation sites is 1. The molecule has 2 fully saturated rings. The molecule has 1 aromatic heterocycles. The number of amides is 3. The van der Waals surface area contributed by atoms with Crippen LogP contribution in [0.5, 0.6) is 0 Å². The summed E-state index contributed by atoms with van der Waals surface area (Å²) in [5, 5.41) is 7.64. The number of nitrogens with one attached hydrogen (secondary N) is 1. The summed E-state index contributed by atoms with van der Waals surface area (Å²) < 4.78 is 1.83. The van der Waals surface area contributed by atoms with Gasteiger partial charge in [0.05, 0.1) is 23.1 Å². The summed E-state index contributed by atoms with van der Waals surface area (Å²) in [6.07, 6.45) is 7.48. The molecule has 1 N–H and O–H groups in total. The fourth-order valence-electron chi connectivity index (χ4n) is 4.46. The van der Waals surface area contributed by atoms with Gasteiger partial charge in [0.25, 0.3) is 5.91 Å². The average Bonchev–Trinajstić information content (AvgIpc) is 3.15. The summed E-state index contributed by atoms with van der Waals surface area (Å²) >= 11 is 0. The summed E-state index contributed by atoms with van der Waals surface area (Å²) in [7, 11) is 0. The Morgan fingerprint density at radius 1 is 0.967 bits per heavy atom. The molecule has 0 atom stereocenters. The van der Waals surface area contributed by atoms with E-state index in [2.05, 4.69) is 10.4 Å². The number of rotatable bonds is 3. The van der Waals surface area contributed by atoms with Crippen LogP contribution in [0.4, 0.5) is 4.79 Å². The van der Waals surface area contributed by atoms with E-state index in [1.807, 2.05) is 52.6 Å². The lowest BCUT2D eigenvalue weighted by Gasteiger charge is -2.36. The Morgan fingerprint density at radius 2 is 1.63 bits per heavy atom. The van der Waals surface area contributed by atoms with Gasteiger partial charge in [-0.3, -0.25) is 4.79 Å². The fourth-order valence-corrected chi connectivity index (χ4v) is 4.46. The molecule has 1 aliphatic heterocycles. The number of hydrogen-bond donors (Lipinski definition) is 1. The first kappa shape index (κ1) is 20.4. The second kappa shape index (κ2) is 8.90. The van der Waals surface area contributed by atoms with Crippen LogP contribution in [-0.4, -0.2) is 63.7 Å². The number of carbonyl (C=O) groups is 2. The number of aryl methyl sites for hydroxylation is 1. The van der Waals surface area contributed by atoms with Gasteiger partial charge in [0.2, 0.25) is 0 Å². The van der Waals surface area contributed by atoms with Crippen LogP contribution in [-0.2, 0) is 0 Å². The molecular formula is C23H31N5O2. The third-order valence-corrected chi connectivity index (χ3v) is 6.37. The largest absolute Gasteiger partial charge is 0.335 e. The molecule has 3 amide bonds. The molecule has 0 bridgehead atoms. The normalized spacial score (nSPS) is 17.8. The van der Waals surface area contributed by atoms with Crippen LogP contribution in [0.1, 0.15) is 53.7 Å². The Morgan fingerprint density at radius 3 is 2.33 bits per heavy atom. The van der Waals surface area contributed by atoms with Gasteiger partial charge in [-0.15, -0.1) is 0 Å². The van der Waals surface area contributed by atoms with Gasteiger partial charge in [-0.1, -0.05) is 37.5 Å². The highest BCUT2D eigenvalue weighted by Gasteiger charge is 2.28. The van der Waals surface area contributed by atoms with Crippen molar-refractivity contribution < 1.29 is 9.59 Å². The first-order valence-corrected chi connectivity index (χ1v) is 11.0. The molecule has 30 heavy (non-hydrogen) atoms. The smallest absolute Gasteiger partial charge is 0.317 e. The highest BCUT2D eigenvalue weighted by molar-refractivity contribution is 5.95. The quantitative estimate of drug-likeness (QED) is 0.846. The van der Waals surface area contributed by atoms with Crippen LogP contribution in [0.25, 0.3) is 5.69 Å². The van der Waals surface area contributed by atoms with Gasteiger partial charge in [0.1, 0.15) is 0 Å². The second-order valence-corrected chi connectivity index (χ2v) is 8.41. The number of urea groups is 1. The SMILES string of the molecule is Cc1ccccc1-n1ncc(C(=O)N2CCN(C(=O)NC3CCCCC3)CC2)c1C. The Hall–Kier alpha value is -2.83. The molecule has 7 heteroatoms. The Kier molecular flexibility index (Phi) is 6.06. The molecule has 1 saturated carbocycles. The number of hydrogen-bond acceptors (Lipinski definition) is 3. The van der Waals surface area contributed by atoms with Crippen LogP contribution >= 0.6 is 0 Å². The lowest BCUT2D eigenvalue weighted by atomic mass is 9.96. The maximum Gasteiger partial charge on any atom is 0.317 e. The number of carbonyl (C=O) groups excluding carboxylic acids is 2. The first-order chi connectivity index (χ1) is 14.5. The van der Waals surface area contributed by atoms with Gasteiger partial charge in [-0.25, -0.2) is 9.48 Å². The van der Waals surface area contributed by atoms with Crippen molar-refractivity contribution in [2.45, 2.75) is 52.0 Å². The van der Waals surface area contributed by atoms with E-state index >= 15 is 0 Å². The molecule has 1 aliphatic carbocycles. The number of nitrogens with zero attached hydrogens (tertiary/aromatic N) is 4. The standard InChI is InChI=1S/C23H31N5O2/c1-17-8-6-7-11-21(17)28-18(2)20(16-24-28)22(29)26-12-14-27(15-13-26)23(30)25-19-9-4-3-5-10-19/h6-8,11,16,19H,3-5,9-10,12-15H2,1-2H3,(H,25,30). The van der Waals surface area contributed by atoms with Crippen LogP contribution in [0, 0.1) is 13.8 Å². The van der Waals surface area contributed by atoms with E-state index in [0.29, 0.717) is 37.8 Å². The van der Waals surface area contributed by atoms with E-state index in [9.17, 15) is 9.59 Å². The first-order valence-electron chi connectivity index (χ1n) is 11.0. The average molecular weight is 410 g/mol. The van der Waals surface area contributed by atoms with Crippen molar-refractivity contribution in [3.05, 3.63) is 47.3 Å². The maximum absolute atomic E-state index is 13.1. The van der Waals surface area contributed by atoms with Crippen molar-refractivity contribution >= 4 is 11.9 Å². The minimum atomic E-state index is -0.0142. The number of piperazine rings is 1. The van der Waals surface area contributed by atoms with Gasteiger partial charge in [-0.05, 0) is 38.3 Å². The number of aromatic nitrogens is 2. The highest BCUT2D eigenvalue weighted by Crippen LogP contribution is 2.20. The topological polar surface area (TPSA) is 70.5 Å². The van der Waals surface area contributed by atoms with Crippen LogP contribution in [0.3, 0.4) is 0 Å². The Labute approximate surface area is 178 Å². The molecule has 160 valence electrons. The van der Waals surface area contributed by atoms with Gasteiger partial charge in [-0.2, -0.15) is 5.10 Å². The van der Waals surface area contributed by atoms with E-state index in [1.165, 1.54) is 19.3 Å². The third kappa shape index (κ3) is 4.20. The second-order valence-electron chi connectivity index (χ2n) is 8.41. The zero-order valence-corrected chi connectivity index (χ0v) is 17.9. The molecule has 7 nitrogen and oxygen atoms in total. The summed E-state index contributed by atoms with van der Waals surface area (Å²) in [6, 6.07) is 8.33. The molecule has 2 heterocycles. The fraction of sp³-hybridized carbons (Fsp3) is 0.522. The van der Waals surface area contributed by atoms with Crippen molar-refractivity contribution in [3.8, 4) is 5.69 Å². The lowest BCUT2D eigenvalue weighted by Crippen LogP contribution is -2.54. The molecular weight excluding hydrogens is 378 g/mol. The minimum Gasteiger partial charge on any atom is -0.335 e. The molecule has 4 rings (SSSR count). The van der Waals surface area contributed by atoms with E-state index in [0.717, 1.165) is 29.8 Å². The van der Waals surface area contributed by atoms with Crippen LogP contribution in [0.15, 0.2) is 30.5 Å². The van der Waals surface area contributed by atoms with Crippen molar-refractivity contribution in [1.82, 2.24) is 24.9 Å². The number of benzene rings is 1. The molecule has 2 aromatic rings. The summed E-state index contributed by atoms with van der Waals surface area (Å²) in [5.74, 6) is -0.0142. The zero-order chi connectivity index (χ0) is 21.1. The van der Waals surface area contributed by atoms with Gasteiger partial charge in [0.15, 0.2) is 0 Å². The van der Waals surface area contributed by atoms with Crippen LogP contribution in [0.2, 0.25) is 0 Å². The van der Waals surface area contributed by atoms with Crippen molar-refractivity contribution in [2.24, 2.45) is 0 Å². The molecule has 1 saturated heterocycles. The molecule has 0 radical (unpaired) electrons. The molecule has 1 aromatic carbocycles. The molecule has 0 spiro atoms. The van der Waals surface area contributed by atoms with Gasteiger partial charge >= 0.3 is 6.03 Å². The molecule has 2 aliphatic rings. The van der Waals surface area contributed by atoms with Crippen molar-refractivity contribution in [2.75, 3.05) is 26.2 Å². The zero-order valence-electron chi connectivity index (χ0n) is 17.9. The Balaban J connectivity index is 1.37. The monoisotopic (exact) mass is 409 g/mol. The third-order valence-electron chi connectivity index (χ3n) is 6.37. The highest BCUT2D eigenvalue weighted by atomic mass is 16.2. The van der Waals surface area contributed by atoms with Gasteiger partial charge in [0, 0.05) is 32.2 Å². The van der Waals surface area contributed by atoms with Gasteiger partial charge < -0.3 is 15.1 Å². The summed E-state index contributed by atoms with van der Waals surface area (Å²) in [5.41, 5.74) is 3.56. The van der Waals surface area contributed by atoms with E-state index in [-0.39, 0.29) is 11.9 Å². The summed E-state index contributed by atoms with van der Waals surface area (Å²) in [6.45, 7) is 6.19. The predicted octanol–water partition coefficient (Wildman–Crippen LogP) is 3.29. The van der Waals surface area contributed by atoms with E-state index in [4.69, 9.17) is 0 Å². The van der Waals surface area contributed by atoms with Crippen LogP contribution < -0.4 is 5.32 Å². The van der Waals surface area contributed by atoms with E-state index in [1.54, 1.807) is 6.20 Å².